The number of nitrogens with zero attached hydrogens (tertiary/aromatic N) is 1. The molecule has 1 atom stereocenters. The highest BCUT2D eigenvalue weighted by molar-refractivity contribution is 4.74. The zero-order valence-corrected chi connectivity index (χ0v) is 7.14. The molecule has 1 heteroatoms. The Morgan fingerprint density at radius 3 is 2.30 bits per heavy atom. The summed E-state index contributed by atoms with van der Waals surface area (Å²) < 4.78 is 0. The largest absolute Gasteiger partial charge is 0.306 e. The van der Waals surface area contributed by atoms with Crippen LogP contribution in [-0.2, 0) is 0 Å². The van der Waals surface area contributed by atoms with Crippen LogP contribution in [0.4, 0.5) is 0 Å². The lowest BCUT2D eigenvalue weighted by atomic mass is 9.87. The first-order valence-corrected chi connectivity index (χ1v) is 4.22. The van der Waals surface area contributed by atoms with Crippen molar-refractivity contribution in [3.8, 4) is 0 Å². The topological polar surface area (TPSA) is 3.24 Å². The van der Waals surface area contributed by atoms with E-state index in [-0.39, 0.29) is 0 Å². The van der Waals surface area contributed by atoms with Crippen LogP contribution in [-0.4, -0.2) is 25.0 Å². The normalized spacial score (nSPS) is 24.0. The van der Waals surface area contributed by atoms with Gasteiger partial charge in [-0.1, -0.05) is 13.8 Å². The van der Waals surface area contributed by atoms with Gasteiger partial charge < -0.3 is 4.90 Å². The Kier molecular flexibility index (Phi) is 2.72. The predicted octanol–water partition coefficient (Wildman–Crippen LogP) is 1.80. The van der Waals surface area contributed by atoms with E-state index in [2.05, 4.69) is 25.8 Å². The van der Waals surface area contributed by atoms with Crippen LogP contribution in [0.25, 0.3) is 0 Å². The smallest absolute Gasteiger partial charge is 0.00190 e. The average molecular weight is 140 g/mol. The van der Waals surface area contributed by atoms with Gasteiger partial charge in [0.1, 0.15) is 0 Å². The van der Waals surface area contributed by atoms with Crippen LogP contribution in [0.15, 0.2) is 0 Å². The fraction of sp³-hybridized carbons (Fsp3) is 0.889. The Hall–Kier alpha value is -0.0400. The van der Waals surface area contributed by atoms with Crippen molar-refractivity contribution in [1.82, 2.24) is 4.90 Å². The molecule has 0 aromatic carbocycles. The van der Waals surface area contributed by atoms with Crippen molar-refractivity contribution in [2.45, 2.75) is 19.8 Å². The van der Waals surface area contributed by atoms with E-state index in [1.165, 1.54) is 25.9 Å². The van der Waals surface area contributed by atoms with Gasteiger partial charge in [0.15, 0.2) is 0 Å². The van der Waals surface area contributed by atoms with Crippen LogP contribution in [0.3, 0.4) is 0 Å². The SMILES string of the molecule is [CH2]C(C)C1CCN(C)CC1. The first-order valence-electron chi connectivity index (χ1n) is 4.22. The standard InChI is InChI=1S/C9H18N/c1-8(2)9-4-6-10(3)7-5-9/h8-9H,1,4-7H2,2-3H3. The van der Waals surface area contributed by atoms with Gasteiger partial charge in [0.05, 0.1) is 0 Å². The molecule has 0 bridgehead atoms. The van der Waals surface area contributed by atoms with Crippen molar-refractivity contribution >= 4 is 0 Å². The molecule has 1 heterocycles. The molecule has 0 N–H and O–H groups in total. The van der Waals surface area contributed by atoms with Crippen molar-refractivity contribution < 1.29 is 0 Å². The second-order valence-corrected chi connectivity index (χ2v) is 3.62. The molecule has 0 aromatic heterocycles. The summed E-state index contributed by atoms with van der Waals surface area (Å²) in [5, 5.41) is 0. The van der Waals surface area contributed by atoms with Crippen LogP contribution in [0.5, 0.6) is 0 Å². The molecular formula is C9H18N. The molecule has 0 saturated carbocycles. The van der Waals surface area contributed by atoms with Crippen LogP contribution in [0.1, 0.15) is 19.8 Å². The zero-order valence-electron chi connectivity index (χ0n) is 7.14. The van der Waals surface area contributed by atoms with Gasteiger partial charge in [0.25, 0.3) is 0 Å². The first-order chi connectivity index (χ1) is 4.70. The highest BCUT2D eigenvalue weighted by Gasteiger charge is 2.18. The van der Waals surface area contributed by atoms with Gasteiger partial charge >= 0.3 is 0 Å². The Balaban J connectivity index is 2.26. The maximum Gasteiger partial charge on any atom is -0.00190 e. The summed E-state index contributed by atoms with van der Waals surface area (Å²) in [5.74, 6) is 1.53. The summed E-state index contributed by atoms with van der Waals surface area (Å²) in [6, 6.07) is 0. The molecule has 59 valence electrons. The van der Waals surface area contributed by atoms with Gasteiger partial charge in [0, 0.05) is 0 Å². The van der Waals surface area contributed by atoms with Crippen LogP contribution < -0.4 is 0 Å². The van der Waals surface area contributed by atoms with Gasteiger partial charge in [-0.3, -0.25) is 0 Å². The third-order valence-corrected chi connectivity index (χ3v) is 2.57. The molecule has 1 aliphatic heterocycles. The van der Waals surface area contributed by atoms with Gasteiger partial charge in [-0.15, -0.1) is 0 Å². The quantitative estimate of drug-likeness (QED) is 0.537. The highest BCUT2D eigenvalue weighted by Crippen LogP contribution is 2.22. The van der Waals surface area contributed by atoms with Gasteiger partial charge in [-0.25, -0.2) is 0 Å². The molecule has 1 radical (unpaired) electrons. The van der Waals surface area contributed by atoms with Crippen molar-refractivity contribution in [3.63, 3.8) is 0 Å². The third-order valence-electron chi connectivity index (χ3n) is 2.57. The fourth-order valence-electron chi connectivity index (χ4n) is 1.60. The van der Waals surface area contributed by atoms with Gasteiger partial charge in [-0.05, 0) is 44.8 Å². The van der Waals surface area contributed by atoms with E-state index in [4.69, 9.17) is 0 Å². The molecule has 0 spiro atoms. The predicted molar refractivity (Wildman–Crippen MR) is 44.7 cm³/mol. The Morgan fingerprint density at radius 2 is 1.90 bits per heavy atom. The lowest BCUT2D eigenvalue weighted by Crippen LogP contribution is -2.32. The summed E-state index contributed by atoms with van der Waals surface area (Å²) in [7, 11) is 2.20. The molecule has 0 aromatic rings. The van der Waals surface area contributed by atoms with Crippen molar-refractivity contribution in [2.75, 3.05) is 20.1 Å². The highest BCUT2D eigenvalue weighted by atomic mass is 15.1. The average Bonchev–Trinajstić information content (AvgIpc) is 1.88. The third kappa shape index (κ3) is 1.98. The number of piperidine rings is 1. The maximum atomic E-state index is 4.07. The minimum absolute atomic E-state index is 0.647. The van der Waals surface area contributed by atoms with E-state index in [1.807, 2.05) is 0 Å². The second-order valence-electron chi connectivity index (χ2n) is 3.62. The first kappa shape index (κ1) is 8.06. The molecule has 1 nitrogen and oxygen atoms in total. The minimum atomic E-state index is 0.647. The van der Waals surface area contributed by atoms with E-state index in [0.29, 0.717) is 5.92 Å². The summed E-state index contributed by atoms with van der Waals surface area (Å²) in [6.45, 7) is 8.84. The molecule has 1 unspecified atom stereocenters. The summed E-state index contributed by atoms with van der Waals surface area (Å²) in [5.41, 5.74) is 0. The Labute approximate surface area is 64.4 Å². The Morgan fingerprint density at radius 1 is 1.40 bits per heavy atom. The van der Waals surface area contributed by atoms with E-state index < -0.39 is 0 Å². The molecule has 1 rings (SSSR count). The molecule has 0 amide bonds. The molecule has 1 fully saturated rings. The van der Waals surface area contributed by atoms with Gasteiger partial charge in [0.2, 0.25) is 0 Å². The van der Waals surface area contributed by atoms with E-state index in [9.17, 15) is 0 Å². The molecule has 10 heavy (non-hydrogen) atoms. The molecule has 1 aliphatic rings. The maximum absolute atomic E-state index is 4.07. The monoisotopic (exact) mass is 140 g/mol. The Bertz CT molecular complexity index is 90.9. The summed E-state index contributed by atoms with van der Waals surface area (Å²) in [4.78, 5) is 2.40. The van der Waals surface area contributed by atoms with E-state index >= 15 is 0 Å². The summed E-state index contributed by atoms with van der Waals surface area (Å²) >= 11 is 0. The number of likely N-dealkylation sites (tertiary alicyclic amines) is 1. The molecule has 1 saturated heterocycles. The number of hydrogen-bond acceptors (Lipinski definition) is 1. The van der Waals surface area contributed by atoms with Crippen molar-refractivity contribution in [2.24, 2.45) is 11.8 Å². The zero-order chi connectivity index (χ0) is 7.56. The van der Waals surface area contributed by atoms with Crippen LogP contribution >= 0.6 is 0 Å². The number of rotatable bonds is 1. The van der Waals surface area contributed by atoms with Crippen molar-refractivity contribution in [1.29, 1.82) is 0 Å². The van der Waals surface area contributed by atoms with Crippen LogP contribution in [0.2, 0.25) is 0 Å². The molecule has 0 aliphatic carbocycles. The number of hydrogen-bond donors (Lipinski definition) is 0. The van der Waals surface area contributed by atoms with Crippen LogP contribution in [0, 0.1) is 18.8 Å². The van der Waals surface area contributed by atoms with E-state index in [0.717, 1.165) is 5.92 Å². The molecular weight excluding hydrogens is 122 g/mol. The lowest BCUT2D eigenvalue weighted by Gasteiger charge is -2.31. The van der Waals surface area contributed by atoms with Gasteiger partial charge in [-0.2, -0.15) is 0 Å². The lowest BCUT2D eigenvalue weighted by molar-refractivity contribution is 0.194. The van der Waals surface area contributed by atoms with E-state index in [1.54, 1.807) is 0 Å². The minimum Gasteiger partial charge on any atom is -0.306 e. The summed E-state index contributed by atoms with van der Waals surface area (Å²) in [6.07, 6.45) is 2.70. The van der Waals surface area contributed by atoms with Crippen molar-refractivity contribution in [3.05, 3.63) is 6.92 Å². The second kappa shape index (κ2) is 3.38. The fourth-order valence-corrected chi connectivity index (χ4v) is 1.60.